The van der Waals surface area contributed by atoms with E-state index >= 15 is 0 Å². The van der Waals surface area contributed by atoms with Crippen LogP contribution in [0.1, 0.15) is 17.5 Å². The maximum absolute atomic E-state index is 12.1. The number of amides is 1. The highest BCUT2D eigenvalue weighted by molar-refractivity contribution is 8.00. The number of thioether (sulfide) groups is 1. The molecule has 0 aromatic heterocycles. The highest BCUT2D eigenvalue weighted by Crippen LogP contribution is 2.27. The average molecular weight is 376 g/mol. The van der Waals surface area contributed by atoms with Crippen LogP contribution < -0.4 is 5.32 Å². The maximum Gasteiger partial charge on any atom is 0.230 e. The highest BCUT2D eigenvalue weighted by atomic mass is 32.2. The number of aryl methyl sites for hydroxylation is 2. The van der Waals surface area contributed by atoms with Crippen LogP contribution in [0, 0.1) is 0 Å². The lowest BCUT2D eigenvalue weighted by molar-refractivity contribution is -0.118. The molecule has 0 saturated heterocycles. The summed E-state index contributed by atoms with van der Waals surface area (Å²) in [6, 6.07) is 14.7. The number of hydrogen-bond acceptors (Lipinski definition) is 4. The average Bonchev–Trinajstić information content (AvgIpc) is 3.08. The summed E-state index contributed by atoms with van der Waals surface area (Å²) in [6.45, 7) is 0.126. The summed E-state index contributed by atoms with van der Waals surface area (Å²) in [6.07, 6.45) is 3.48. The molecule has 3 rings (SSSR count). The summed E-state index contributed by atoms with van der Waals surface area (Å²) in [7, 11) is -3.35. The van der Waals surface area contributed by atoms with Crippen molar-refractivity contribution in [2.24, 2.45) is 0 Å². The molecule has 0 atom stereocenters. The predicted octanol–water partition coefficient (Wildman–Crippen LogP) is 2.86. The molecule has 2 aromatic rings. The Morgan fingerprint density at radius 2 is 1.80 bits per heavy atom. The first-order chi connectivity index (χ1) is 12.0. The van der Waals surface area contributed by atoms with Gasteiger partial charge in [-0.15, -0.1) is 11.8 Å². The summed E-state index contributed by atoms with van der Waals surface area (Å²) < 4.78 is 24.3. The Morgan fingerprint density at radius 3 is 2.60 bits per heavy atom. The van der Waals surface area contributed by atoms with Crippen LogP contribution in [0.3, 0.4) is 0 Å². The van der Waals surface area contributed by atoms with E-state index in [2.05, 4.69) is 23.5 Å². The van der Waals surface area contributed by atoms with Gasteiger partial charge in [-0.3, -0.25) is 4.79 Å². The number of hydrogen-bond donors (Lipinski definition) is 1. The lowest BCUT2D eigenvalue weighted by Gasteiger charge is -2.07. The molecule has 1 amide bonds. The van der Waals surface area contributed by atoms with Crippen LogP contribution in [0.5, 0.6) is 0 Å². The van der Waals surface area contributed by atoms with Crippen LogP contribution >= 0.6 is 11.8 Å². The molecular formula is C19H21NO3S2. The van der Waals surface area contributed by atoms with Crippen molar-refractivity contribution >= 4 is 27.5 Å². The zero-order valence-electron chi connectivity index (χ0n) is 13.9. The molecule has 1 aliphatic carbocycles. The van der Waals surface area contributed by atoms with Crippen LogP contribution in [-0.2, 0) is 27.5 Å². The highest BCUT2D eigenvalue weighted by Gasteiger charge is 2.14. The van der Waals surface area contributed by atoms with E-state index in [1.807, 2.05) is 0 Å². The van der Waals surface area contributed by atoms with Crippen LogP contribution in [-0.4, -0.2) is 32.4 Å². The van der Waals surface area contributed by atoms with Gasteiger partial charge in [0.1, 0.15) is 0 Å². The molecule has 4 nitrogen and oxygen atoms in total. The molecule has 0 bridgehead atoms. The van der Waals surface area contributed by atoms with Gasteiger partial charge in [0, 0.05) is 11.4 Å². The van der Waals surface area contributed by atoms with Gasteiger partial charge in [-0.2, -0.15) is 0 Å². The molecule has 6 heteroatoms. The minimum absolute atomic E-state index is 0.0910. The summed E-state index contributed by atoms with van der Waals surface area (Å²) in [4.78, 5) is 13.3. The molecule has 0 aliphatic heterocycles. The molecule has 2 aromatic carbocycles. The molecule has 0 unspecified atom stereocenters. The normalized spacial score (nSPS) is 13.4. The standard InChI is InChI=1S/C19H21NO3S2/c21-19(14-24-17-10-9-15-5-4-6-16(15)13-17)20-11-12-25(22,23)18-7-2-1-3-8-18/h1-3,7-10,13H,4-6,11-12,14H2,(H,20,21). The Morgan fingerprint density at radius 1 is 1.04 bits per heavy atom. The van der Waals surface area contributed by atoms with Gasteiger partial charge in [-0.1, -0.05) is 24.3 Å². The van der Waals surface area contributed by atoms with Crippen LogP contribution in [0.4, 0.5) is 0 Å². The second-order valence-corrected chi connectivity index (χ2v) is 9.21. The minimum atomic E-state index is -3.35. The predicted molar refractivity (Wildman–Crippen MR) is 101 cm³/mol. The van der Waals surface area contributed by atoms with Gasteiger partial charge in [0.05, 0.1) is 16.4 Å². The number of carbonyl (C=O) groups excluding carboxylic acids is 1. The van der Waals surface area contributed by atoms with Crippen molar-refractivity contribution in [1.82, 2.24) is 5.32 Å². The van der Waals surface area contributed by atoms with Crippen LogP contribution in [0.15, 0.2) is 58.3 Å². The Hall–Kier alpha value is -1.79. The van der Waals surface area contributed by atoms with E-state index < -0.39 is 9.84 Å². The van der Waals surface area contributed by atoms with E-state index in [1.54, 1.807) is 30.3 Å². The monoisotopic (exact) mass is 375 g/mol. The molecule has 1 aliphatic rings. The first-order valence-electron chi connectivity index (χ1n) is 8.34. The van der Waals surface area contributed by atoms with Gasteiger partial charge in [0.25, 0.3) is 0 Å². The van der Waals surface area contributed by atoms with Crippen molar-refractivity contribution in [2.75, 3.05) is 18.1 Å². The van der Waals surface area contributed by atoms with E-state index in [4.69, 9.17) is 0 Å². The van der Waals surface area contributed by atoms with Gasteiger partial charge in [0.2, 0.25) is 5.91 Å². The number of sulfone groups is 1. The van der Waals surface area contributed by atoms with Crippen LogP contribution in [0.2, 0.25) is 0 Å². The van der Waals surface area contributed by atoms with Crippen molar-refractivity contribution in [2.45, 2.75) is 29.1 Å². The molecule has 0 spiro atoms. The Kier molecular flexibility index (Phi) is 5.81. The van der Waals surface area contributed by atoms with Gasteiger partial charge < -0.3 is 5.32 Å². The fourth-order valence-electron chi connectivity index (χ4n) is 2.91. The number of carbonyl (C=O) groups is 1. The van der Waals surface area contributed by atoms with Gasteiger partial charge >= 0.3 is 0 Å². The quantitative estimate of drug-likeness (QED) is 0.756. The summed E-state index contributed by atoms with van der Waals surface area (Å²) in [5.74, 6) is 0.0601. The smallest absolute Gasteiger partial charge is 0.230 e. The van der Waals surface area contributed by atoms with E-state index in [1.165, 1.54) is 29.3 Å². The van der Waals surface area contributed by atoms with E-state index in [0.29, 0.717) is 5.75 Å². The molecule has 132 valence electrons. The lowest BCUT2D eigenvalue weighted by atomic mass is 10.1. The molecule has 0 saturated carbocycles. The van der Waals surface area contributed by atoms with Crippen molar-refractivity contribution in [1.29, 1.82) is 0 Å². The van der Waals surface area contributed by atoms with Gasteiger partial charge in [0.15, 0.2) is 9.84 Å². The Labute approximate surface area is 152 Å². The zero-order valence-corrected chi connectivity index (χ0v) is 15.5. The fraction of sp³-hybridized carbons (Fsp3) is 0.316. The van der Waals surface area contributed by atoms with Gasteiger partial charge in [-0.25, -0.2) is 8.42 Å². The van der Waals surface area contributed by atoms with Crippen molar-refractivity contribution in [3.05, 3.63) is 59.7 Å². The molecular weight excluding hydrogens is 354 g/mol. The van der Waals surface area contributed by atoms with Crippen molar-refractivity contribution in [3.63, 3.8) is 0 Å². The third-order valence-corrected chi connectivity index (χ3v) is 6.96. The molecule has 0 radical (unpaired) electrons. The fourth-order valence-corrected chi connectivity index (χ4v) is 4.88. The third kappa shape index (κ3) is 4.86. The summed E-state index contributed by atoms with van der Waals surface area (Å²) >= 11 is 1.49. The number of fused-ring (bicyclic) bond motifs is 1. The summed E-state index contributed by atoms with van der Waals surface area (Å²) in [5.41, 5.74) is 2.80. The largest absolute Gasteiger partial charge is 0.354 e. The maximum atomic E-state index is 12.1. The zero-order chi connectivity index (χ0) is 17.7. The van der Waals surface area contributed by atoms with E-state index in [0.717, 1.165) is 17.7 Å². The summed E-state index contributed by atoms with van der Waals surface area (Å²) in [5, 5.41) is 2.69. The first-order valence-corrected chi connectivity index (χ1v) is 11.0. The number of rotatable bonds is 7. The first kappa shape index (κ1) is 18.0. The van der Waals surface area contributed by atoms with Crippen molar-refractivity contribution < 1.29 is 13.2 Å². The molecule has 1 N–H and O–H groups in total. The molecule has 25 heavy (non-hydrogen) atoms. The second kappa shape index (κ2) is 8.06. The van der Waals surface area contributed by atoms with E-state index in [-0.39, 0.29) is 23.1 Å². The van der Waals surface area contributed by atoms with Gasteiger partial charge in [-0.05, 0) is 54.7 Å². The van der Waals surface area contributed by atoms with Crippen LogP contribution in [0.25, 0.3) is 0 Å². The Bertz CT molecular complexity index is 848. The number of benzene rings is 2. The minimum Gasteiger partial charge on any atom is -0.354 e. The van der Waals surface area contributed by atoms with Crippen molar-refractivity contribution in [3.8, 4) is 0 Å². The topological polar surface area (TPSA) is 63.2 Å². The number of nitrogens with one attached hydrogen (secondary N) is 1. The molecule has 0 heterocycles. The second-order valence-electron chi connectivity index (χ2n) is 6.05. The third-order valence-electron chi connectivity index (χ3n) is 4.24. The molecule has 0 fully saturated rings. The SMILES string of the molecule is O=C(CSc1ccc2c(c1)CCC2)NCCS(=O)(=O)c1ccccc1. The van der Waals surface area contributed by atoms with E-state index in [9.17, 15) is 13.2 Å². The lowest BCUT2D eigenvalue weighted by Crippen LogP contribution is -2.30. The Balaban J connectivity index is 1.44.